The molecule has 3 aromatic rings. The van der Waals surface area contributed by atoms with Gasteiger partial charge in [-0.25, -0.2) is 4.98 Å². The fourth-order valence-corrected chi connectivity index (χ4v) is 2.63. The van der Waals surface area contributed by atoms with Crippen molar-refractivity contribution in [1.82, 2.24) is 9.55 Å². The molecule has 0 spiro atoms. The standard InChI is InChI=1S/C19H20N2O3/c1-21-12-16(13-8-9-17(23-3)18(11-13)24-4)20-19(21)14-6-5-7-15(10-14)22-2/h5-12H,1-4H3. The highest BCUT2D eigenvalue weighted by atomic mass is 16.5. The van der Waals surface area contributed by atoms with Crippen molar-refractivity contribution in [1.29, 1.82) is 0 Å². The van der Waals surface area contributed by atoms with Crippen molar-refractivity contribution in [3.05, 3.63) is 48.7 Å². The number of rotatable bonds is 5. The number of methoxy groups -OCH3 is 3. The Balaban J connectivity index is 2.02. The Morgan fingerprint density at radius 2 is 1.62 bits per heavy atom. The molecule has 5 heteroatoms. The molecule has 1 aromatic heterocycles. The smallest absolute Gasteiger partial charge is 0.161 e. The Morgan fingerprint density at radius 3 is 2.33 bits per heavy atom. The van der Waals surface area contributed by atoms with Gasteiger partial charge >= 0.3 is 0 Å². The van der Waals surface area contributed by atoms with Crippen LogP contribution in [-0.4, -0.2) is 30.9 Å². The molecule has 0 unspecified atom stereocenters. The third-order valence-corrected chi connectivity index (χ3v) is 3.88. The van der Waals surface area contributed by atoms with Crippen LogP contribution in [0.5, 0.6) is 17.2 Å². The van der Waals surface area contributed by atoms with Crippen molar-refractivity contribution >= 4 is 0 Å². The molecule has 5 nitrogen and oxygen atoms in total. The molecule has 1 heterocycles. The van der Waals surface area contributed by atoms with Crippen molar-refractivity contribution in [2.45, 2.75) is 0 Å². The lowest BCUT2D eigenvalue weighted by atomic mass is 10.1. The van der Waals surface area contributed by atoms with E-state index in [1.165, 1.54) is 0 Å². The lowest BCUT2D eigenvalue weighted by Gasteiger charge is -2.08. The number of nitrogens with zero attached hydrogens (tertiary/aromatic N) is 2. The maximum atomic E-state index is 5.37. The number of hydrogen-bond acceptors (Lipinski definition) is 4. The Bertz CT molecular complexity index is 856. The van der Waals surface area contributed by atoms with E-state index in [9.17, 15) is 0 Å². The van der Waals surface area contributed by atoms with Gasteiger partial charge in [-0.15, -0.1) is 0 Å². The summed E-state index contributed by atoms with van der Waals surface area (Å²) in [7, 11) is 6.89. The molecule has 0 atom stereocenters. The highest BCUT2D eigenvalue weighted by Gasteiger charge is 2.12. The molecule has 0 saturated carbocycles. The second-order valence-corrected chi connectivity index (χ2v) is 5.36. The van der Waals surface area contributed by atoms with Gasteiger partial charge in [0.25, 0.3) is 0 Å². The number of aromatic nitrogens is 2. The predicted octanol–water partition coefficient (Wildman–Crippen LogP) is 3.78. The molecule has 0 aliphatic heterocycles. The van der Waals surface area contributed by atoms with Crippen LogP contribution in [-0.2, 0) is 7.05 Å². The van der Waals surface area contributed by atoms with Crippen molar-refractivity contribution in [3.63, 3.8) is 0 Å². The first-order chi connectivity index (χ1) is 11.7. The second kappa shape index (κ2) is 6.66. The first-order valence-corrected chi connectivity index (χ1v) is 7.56. The Kier molecular flexibility index (Phi) is 4.42. The van der Waals surface area contributed by atoms with E-state index in [0.29, 0.717) is 11.5 Å². The molecule has 0 aliphatic rings. The number of benzene rings is 2. The molecule has 0 bridgehead atoms. The fourth-order valence-electron chi connectivity index (χ4n) is 2.63. The van der Waals surface area contributed by atoms with E-state index in [1.54, 1.807) is 21.3 Å². The molecular weight excluding hydrogens is 304 g/mol. The molecule has 0 radical (unpaired) electrons. The molecule has 0 fully saturated rings. The van der Waals surface area contributed by atoms with E-state index in [1.807, 2.05) is 60.3 Å². The highest BCUT2D eigenvalue weighted by Crippen LogP contribution is 2.33. The number of ether oxygens (including phenoxy) is 3. The van der Waals surface area contributed by atoms with Crippen LogP contribution in [0.4, 0.5) is 0 Å². The summed E-state index contributed by atoms with van der Waals surface area (Å²) in [6, 6.07) is 13.6. The Hall–Kier alpha value is -2.95. The van der Waals surface area contributed by atoms with Gasteiger partial charge < -0.3 is 18.8 Å². The molecule has 124 valence electrons. The predicted molar refractivity (Wildman–Crippen MR) is 93.7 cm³/mol. The summed E-state index contributed by atoms with van der Waals surface area (Å²) in [4.78, 5) is 4.77. The minimum absolute atomic E-state index is 0.684. The largest absolute Gasteiger partial charge is 0.497 e. The zero-order valence-corrected chi connectivity index (χ0v) is 14.2. The molecule has 0 aliphatic carbocycles. The van der Waals surface area contributed by atoms with Crippen LogP contribution in [0.25, 0.3) is 22.6 Å². The topological polar surface area (TPSA) is 45.5 Å². The van der Waals surface area contributed by atoms with E-state index in [-0.39, 0.29) is 0 Å². The molecule has 2 aromatic carbocycles. The lowest BCUT2D eigenvalue weighted by molar-refractivity contribution is 0.355. The number of aryl methyl sites for hydroxylation is 1. The van der Waals surface area contributed by atoms with Gasteiger partial charge in [-0.2, -0.15) is 0 Å². The third kappa shape index (κ3) is 2.93. The number of imidazole rings is 1. The summed E-state index contributed by atoms with van der Waals surface area (Å²) >= 11 is 0. The van der Waals surface area contributed by atoms with Gasteiger partial charge in [-0.1, -0.05) is 12.1 Å². The monoisotopic (exact) mass is 324 g/mol. The SMILES string of the molecule is COc1cccc(-c2nc(-c3ccc(OC)c(OC)c3)cn2C)c1. The molecule has 24 heavy (non-hydrogen) atoms. The highest BCUT2D eigenvalue weighted by molar-refractivity contribution is 5.68. The average Bonchev–Trinajstić information content (AvgIpc) is 3.02. The van der Waals surface area contributed by atoms with Gasteiger partial charge in [0.1, 0.15) is 11.6 Å². The van der Waals surface area contributed by atoms with Crippen molar-refractivity contribution in [2.75, 3.05) is 21.3 Å². The summed E-state index contributed by atoms with van der Waals surface area (Å²) in [6.07, 6.45) is 2.00. The summed E-state index contributed by atoms with van der Waals surface area (Å²) in [5.41, 5.74) is 2.84. The van der Waals surface area contributed by atoms with Gasteiger partial charge in [0.05, 0.1) is 27.0 Å². The van der Waals surface area contributed by atoms with E-state index >= 15 is 0 Å². The second-order valence-electron chi connectivity index (χ2n) is 5.36. The van der Waals surface area contributed by atoms with Crippen molar-refractivity contribution in [2.24, 2.45) is 7.05 Å². The molecule has 0 saturated heterocycles. The lowest BCUT2D eigenvalue weighted by Crippen LogP contribution is -1.91. The van der Waals surface area contributed by atoms with Crippen LogP contribution in [0.15, 0.2) is 48.7 Å². The first kappa shape index (κ1) is 15.9. The molecular formula is C19H20N2O3. The zero-order chi connectivity index (χ0) is 17.1. The van der Waals surface area contributed by atoms with Crippen LogP contribution in [0.3, 0.4) is 0 Å². The molecule has 0 amide bonds. The minimum Gasteiger partial charge on any atom is -0.497 e. The summed E-state index contributed by atoms with van der Waals surface area (Å²) < 4.78 is 18.0. The minimum atomic E-state index is 0.684. The quantitative estimate of drug-likeness (QED) is 0.716. The zero-order valence-electron chi connectivity index (χ0n) is 14.2. The van der Waals surface area contributed by atoms with Gasteiger partial charge in [-0.3, -0.25) is 0 Å². The Labute approximate surface area is 141 Å². The first-order valence-electron chi connectivity index (χ1n) is 7.56. The molecule has 0 N–H and O–H groups in total. The van der Waals surface area contributed by atoms with E-state index < -0.39 is 0 Å². The van der Waals surface area contributed by atoms with Crippen LogP contribution >= 0.6 is 0 Å². The summed E-state index contributed by atoms with van der Waals surface area (Å²) in [5, 5.41) is 0. The normalized spacial score (nSPS) is 10.5. The maximum Gasteiger partial charge on any atom is 0.161 e. The van der Waals surface area contributed by atoms with Crippen molar-refractivity contribution < 1.29 is 14.2 Å². The third-order valence-electron chi connectivity index (χ3n) is 3.88. The molecule has 3 rings (SSSR count). The maximum absolute atomic E-state index is 5.37. The van der Waals surface area contributed by atoms with E-state index in [4.69, 9.17) is 19.2 Å². The van der Waals surface area contributed by atoms with E-state index in [0.717, 1.165) is 28.4 Å². The van der Waals surface area contributed by atoms with Crippen LogP contribution in [0.1, 0.15) is 0 Å². The average molecular weight is 324 g/mol. The van der Waals surface area contributed by atoms with E-state index in [2.05, 4.69) is 0 Å². The fraction of sp³-hybridized carbons (Fsp3) is 0.211. The Morgan fingerprint density at radius 1 is 0.833 bits per heavy atom. The van der Waals surface area contributed by atoms with Crippen molar-refractivity contribution in [3.8, 4) is 39.9 Å². The van der Waals surface area contributed by atoms with Gasteiger partial charge in [0.15, 0.2) is 11.5 Å². The van der Waals surface area contributed by atoms with Gasteiger partial charge in [-0.05, 0) is 30.3 Å². The van der Waals surface area contributed by atoms with Gasteiger partial charge in [0, 0.05) is 24.4 Å². The summed E-state index contributed by atoms with van der Waals surface area (Å²) in [6.45, 7) is 0. The van der Waals surface area contributed by atoms with Gasteiger partial charge in [0.2, 0.25) is 0 Å². The summed E-state index contributed by atoms with van der Waals surface area (Å²) in [5.74, 6) is 3.07. The van der Waals surface area contributed by atoms with Crippen LogP contribution in [0.2, 0.25) is 0 Å². The van der Waals surface area contributed by atoms with Crippen LogP contribution < -0.4 is 14.2 Å². The number of hydrogen-bond donors (Lipinski definition) is 0. The van der Waals surface area contributed by atoms with Crippen LogP contribution in [0, 0.1) is 0 Å².